The highest BCUT2D eigenvalue weighted by Crippen LogP contribution is 2.59. The van der Waals surface area contributed by atoms with Gasteiger partial charge in [-0.1, -0.05) is 20.8 Å². The van der Waals surface area contributed by atoms with Crippen molar-refractivity contribution in [3.63, 3.8) is 0 Å². The molecule has 1 saturated carbocycles. The zero-order valence-electron chi connectivity index (χ0n) is 10.3. The summed E-state index contributed by atoms with van der Waals surface area (Å²) in [6.45, 7) is 5.03. The van der Waals surface area contributed by atoms with Crippen LogP contribution in [0.2, 0.25) is 0 Å². The maximum absolute atomic E-state index is 12.3. The van der Waals surface area contributed by atoms with Crippen LogP contribution in [0.15, 0.2) is 0 Å². The molecule has 0 aromatic heterocycles. The molecular formula is C12H16NO4-. The summed E-state index contributed by atoms with van der Waals surface area (Å²) < 4.78 is 0. The van der Waals surface area contributed by atoms with Crippen molar-refractivity contribution in [1.29, 1.82) is 0 Å². The van der Waals surface area contributed by atoms with Gasteiger partial charge in [-0.2, -0.15) is 0 Å². The molecule has 0 unspecified atom stereocenters. The molecule has 1 heterocycles. The molecule has 0 radical (unpaired) electrons. The number of amides is 2. The van der Waals surface area contributed by atoms with Crippen LogP contribution in [0.1, 0.15) is 33.6 Å². The van der Waals surface area contributed by atoms with Crippen LogP contribution in [0.4, 0.5) is 0 Å². The van der Waals surface area contributed by atoms with Crippen molar-refractivity contribution >= 4 is 17.8 Å². The Morgan fingerprint density at radius 2 is 2.00 bits per heavy atom. The van der Waals surface area contributed by atoms with Crippen molar-refractivity contribution in [2.45, 2.75) is 33.6 Å². The third-order valence-electron chi connectivity index (χ3n) is 4.79. The summed E-state index contributed by atoms with van der Waals surface area (Å²) in [6.07, 6.45) is 1.29. The first-order valence-electron chi connectivity index (χ1n) is 5.77. The van der Waals surface area contributed by atoms with Crippen LogP contribution < -0.4 is 5.11 Å². The second kappa shape index (κ2) is 3.31. The Kier molecular flexibility index (Phi) is 2.35. The fourth-order valence-electron chi connectivity index (χ4n) is 3.18. The number of carbonyl (C=O) groups excluding carboxylic acids is 3. The fraction of sp³-hybridized carbons (Fsp3) is 0.750. The number of rotatable bonds is 2. The van der Waals surface area contributed by atoms with E-state index in [-0.39, 0.29) is 17.7 Å². The van der Waals surface area contributed by atoms with Crippen LogP contribution >= 0.6 is 0 Å². The molecule has 94 valence electrons. The number of hydrogen-bond donors (Lipinski definition) is 0. The molecule has 1 saturated heterocycles. The Morgan fingerprint density at radius 3 is 2.53 bits per heavy atom. The number of carboxylic acids is 1. The topological polar surface area (TPSA) is 77.5 Å². The number of carbonyl (C=O) groups is 3. The minimum atomic E-state index is -1.39. The highest BCUT2D eigenvalue weighted by molar-refractivity contribution is 6.05. The van der Waals surface area contributed by atoms with E-state index in [2.05, 4.69) is 0 Å². The lowest BCUT2D eigenvalue weighted by Crippen LogP contribution is -2.60. The molecule has 5 nitrogen and oxygen atoms in total. The smallest absolute Gasteiger partial charge is 0.236 e. The SMILES string of the molecule is CC1(C)[C@@H]2CC[C@]1(C)C(=O)N(CC(=O)[O-])C2=O. The predicted octanol–water partition coefficient (Wildman–Crippen LogP) is -0.452. The summed E-state index contributed by atoms with van der Waals surface area (Å²) in [4.78, 5) is 35.8. The molecule has 17 heavy (non-hydrogen) atoms. The third kappa shape index (κ3) is 1.34. The van der Waals surface area contributed by atoms with Crippen molar-refractivity contribution in [2.75, 3.05) is 6.54 Å². The lowest BCUT2D eigenvalue weighted by Gasteiger charge is -2.47. The molecule has 1 aliphatic heterocycles. The van der Waals surface area contributed by atoms with Gasteiger partial charge in [0.05, 0.1) is 17.9 Å². The average molecular weight is 238 g/mol. The van der Waals surface area contributed by atoms with Crippen LogP contribution in [0.3, 0.4) is 0 Å². The number of hydrogen-bond acceptors (Lipinski definition) is 4. The molecule has 0 aromatic carbocycles. The van der Waals surface area contributed by atoms with E-state index >= 15 is 0 Å². The van der Waals surface area contributed by atoms with Crippen LogP contribution in [0, 0.1) is 16.7 Å². The molecule has 2 aliphatic rings. The number of likely N-dealkylation sites (tertiary alicyclic amines) is 1. The van der Waals surface area contributed by atoms with E-state index in [9.17, 15) is 19.5 Å². The minimum absolute atomic E-state index is 0.260. The second-order valence-corrected chi connectivity index (χ2v) is 5.75. The van der Waals surface area contributed by atoms with Gasteiger partial charge in [0.25, 0.3) is 0 Å². The van der Waals surface area contributed by atoms with Gasteiger partial charge in [-0.05, 0) is 18.3 Å². The molecule has 0 spiro atoms. The lowest BCUT2D eigenvalue weighted by atomic mass is 9.62. The van der Waals surface area contributed by atoms with Gasteiger partial charge >= 0.3 is 0 Å². The van der Waals surface area contributed by atoms with Crippen LogP contribution in [0.5, 0.6) is 0 Å². The summed E-state index contributed by atoms with van der Waals surface area (Å²) >= 11 is 0. The molecule has 2 bridgehead atoms. The Balaban J connectivity index is 2.42. The number of fused-ring (bicyclic) bond motifs is 2. The number of aliphatic carboxylic acids is 1. The van der Waals surface area contributed by atoms with Gasteiger partial charge in [0, 0.05) is 5.92 Å². The van der Waals surface area contributed by atoms with Gasteiger partial charge in [0.15, 0.2) is 0 Å². The molecule has 2 atom stereocenters. The Labute approximate surface area is 99.8 Å². The van der Waals surface area contributed by atoms with Gasteiger partial charge < -0.3 is 9.90 Å². The van der Waals surface area contributed by atoms with Crippen molar-refractivity contribution < 1.29 is 19.5 Å². The standard InChI is InChI=1S/C12H17NO4/c1-11(2)7-4-5-12(11,3)10(17)13(9(7)16)6-8(14)15/h7H,4-6H2,1-3H3,(H,14,15)/p-1/t7-,12-/m1/s1. The van der Waals surface area contributed by atoms with E-state index in [0.29, 0.717) is 12.8 Å². The summed E-state index contributed by atoms with van der Waals surface area (Å²) in [5, 5.41) is 10.6. The molecule has 1 aliphatic carbocycles. The molecule has 0 N–H and O–H groups in total. The third-order valence-corrected chi connectivity index (χ3v) is 4.79. The molecular weight excluding hydrogens is 222 g/mol. The van der Waals surface area contributed by atoms with E-state index in [1.165, 1.54) is 0 Å². The minimum Gasteiger partial charge on any atom is -0.548 e. The fourth-order valence-corrected chi connectivity index (χ4v) is 3.18. The summed E-state index contributed by atoms with van der Waals surface area (Å²) in [6, 6.07) is 0. The van der Waals surface area contributed by atoms with E-state index in [1.54, 1.807) is 0 Å². The summed E-state index contributed by atoms with van der Waals surface area (Å²) in [5.41, 5.74) is -1.04. The first-order chi connectivity index (χ1) is 7.72. The molecule has 2 amide bonds. The quantitative estimate of drug-likeness (QED) is 0.610. The number of nitrogens with zero attached hydrogens (tertiary/aromatic N) is 1. The van der Waals surface area contributed by atoms with E-state index in [0.717, 1.165) is 4.90 Å². The molecule has 5 heteroatoms. The largest absolute Gasteiger partial charge is 0.548 e. The van der Waals surface area contributed by atoms with E-state index in [4.69, 9.17) is 0 Å². The summed E-state index contributed by atoms with van der Waals surface area (Å²) in [7, 11) is 0. The Morgan fingerprint density at radius 1 is 1.41 bits per heavy atom. The highest BCUT2D eigenvalue weighted by Gasteiger charge is 2.64. The first-order valence-corrected chi connectivity index (χ1v) is 5.77. The van der Waals surface area contributed by atoms with Crippen LogP contribution in [-0.4, -0.2) is 29.2 Å². The van der Waals surface area contributed by atoms with Crippen molar-refractivity contribution in [3.05, 3.63) is 0 Å². The normalized spacial score (nSPS) is 35.2. The zero-order valence-corrected chi connectivity index (χ0v) is 10.3. The highest BCUT2D eigenvalue weighted by atomic mass is 16.4. The zero-order chi connectivity index (χ0) is 13.0. The Bertz CT molecular complexity index is 415. The second-order valence-electron chi connectivity index (χ2n) is 5.75. The first kappa shape index (κ1) is 12.1. The van der Waals surface area contributed by atoms with Crippen molar-refractivity contribution in [2.24, 2.45) is 16.7 Å². The number of imide groups is 1. The molecule has 0 aromatic rings. The Hall–Kier alpha value is -1.39. The van der Waals surface area contributed by atoms with E-state index in [1.807, 2.05) is 20.8 Å². The van der Waals surface area contributed by atoms with Gasteiger partial charge in [-0.25, -0.2) is 0 Å². The van der Waals surface area contributed by atoms with Crippen LogP contribution in [-0.2, 0) is 14.4 Å². The molecule has 2 fully saturated rings. The summed E-state index contributed by atoms with van der Waals surface area (Å²) in [5.74, 6) is -2.39. The monoisotopic (exact) mass is 238 g/mol. The maximum Gasteiger partial charge on any atom is 0.236 e. The van der Waals surface area contributed by atoms with Crippen molar-refractivity contribution in [3.8, 4) is 0 Å². The number of carboxylic acid groups (broad SMARTS) is 1. The van der Waals surface area contributed by atoms with Crippen LogP contribution in [0.25, 0.3) is 0 Å². The molecule has 2 rings (SSSR count). The van der Waals surface area contributed by atoms with E-state index < -0.39 is 23.3 Å². The van der Waals surface area contributed by atoms with Gasteiger partial charge in [0.1, 0.15) is 0 Å². The lowest BCUT2D eigenvalue weighted by molar-refractivity contribution is -0.306. The van der Waals surface area contributed by atoms with Gasteiger partial charge in [0.2, 0.25) is 11.8 Å². The van der Waals surface area contributed by atoms with Gasteiger partial charge in [-0.15, -0.1) is 0 Å². The average Bonchev–Trinajstić information content (AvgIpc) is 2.40. The number of piperidine rings is 1. The maximum atomic E-state index is 12.3. The van der Waals surface area contributed by atoms with Gasteiger partial charge in [-0.3, -0.25) is 14.5 Å². The van der Waals surface area contributed by atoms with Crippen molar-refractivity contribution in [1.82, 2.24) is 4.90 Å². The predicted molar refractivity (Wildman–Crippen MR) is 56.3 cm³/mol.